The van der Waals surface area contributed by atoms with Crippen molar-refractivity contribution >= 4 is 21.8 Å². The van der Waals surface area contributed by atoms with E-state index in [0.29, 0.717) is 31.1 Å². The smallest absolute Gasteiger partial charge is 0.355 e. The molecule has 1 rings (SSSR count). The number of nitrogens with one attached hydrogen (secondary N) is 1. The molecule has 0 aromatic rings. The van der Waals surface area contributed by atoms with Gasteiger partial charge in [0.05, 0.1) is 5.92 Å². The van der Waals surface area contributed by atoms with Crippen LogP contribution in [0.2, 0.25) is 0 Å². The van der Waals surface area contributed by atoms with E-state index in [4.69, 9.17) is 0 Å². The summed E-state index contributed by atoms with van der Waals surface area (Å²) < 4.78 is 38.1. The topological polar surface area (TPSA) is 29.1 Å². The number of alkyl halides is 4. The number of carbonyl (C=O) groups is 1. The van der Waals surface area contributed by atoms with E-state index in [9.17, 15) is 18.0 Å². The van der Waals surface area contributed by atoms with Crippen LogP contribution in [0.15, 0.2) is 0 Å². The fraction of sp³-hybridized carbons (Fsp3) is 0.900. The van der Waals surface area contributed by atoms with E-state index in [1.165, 1.54) is 0 Å². The van der Waals surface area contributed by atoms with Gasteiger partial charge in [0.1, 0.15) is 0 Å². The number of rotatable bonds is 3. The van der Waals surface area contributed by atoms with E-state index < -0.39 is 23.9 Å². The molecule has 1 saturated carbocycles. The largest absolute Gasteiger partial charge is 0.392 e. The molecule has 94 valence electrons. The summed E-state index contributed by atoms with van der Waals surface area (Å²) in [4.78, 5) is 11.6. The summed E-state index contributed by atoms with van der Waals surface area (Å²) in [5, 5.41) is 3.08. The number of amides is 1. The van der Waals surface area contributed by atoms with Gasteiger partial charge in [0.2, 0.25) is 5.91 Å². The second-order valence-corrected chi connectivity index (χ2v) is 4.81. The van der Waals surface area contributed by atoms with Crippen LogP contribution in [-0.4, -0.2) is 24.0 Å². The third-order valence-corrected chi connectivity index (χ3v) is 3.31. The average Bonchev–Trinajstić information content (AvgIpc) is 2.24. The normalized spacial score (nSPS) is 26.5. The maximum atomic E-state index is 12.7. The molecule has 1 aliphatic carbocycles. The minimum Gasteiger partial charge on any atom is -0.355 e. The van der Waals surface area contributed by atoms with Gasteiger partial charge < -0.3 is 5.32 Å². The lowest BCUT2D eigenvalue weighted by atomic mass is 9.78. The Kier molecular flexibility index (Phi) is 5.08. The predicted molar refractivity (Wildman–Crippen MR) is 58.3 cm³/mol. The molecule has 0 aromatic heterocycles. The van der Waals surface area contributed by atoms with Crippen LogP contribution in [0.3, 0.4) is 0 Å². The van der Waals surface area contributed by atoms with Crippen molar-refractivity contribution in [2.45, 2.75) is 31.9 Å². The molecule has 1 aliphatic rings. The highest BCUT2D eigenvalue weighted by Gasteiger charge is 2.47. The summed E-state index contributed by atoms with van der Waals surface area (Å²) in [6.07, 6.45) is -2.56. The van der Waals surface area contributed by atoms with Crippen molar-refractivity contribution < 1.29 is 18.0 Å². The summed E-state index contributed by atoms with van der Waals surface area (Å²) >= 11 is 3.12. The van der Waals surface area contributed by atoms with E-state index in [0.717, 1.165) is 0 Å². The third kappa shape index (κ3) is 3.64. The van der Waals surface area contributed by atoms with Crippen molar-refractivity contribution in [3.8, 4) is 0 Å². The van der Waals surface area contributed by atoms with Crippen LogP contribution in [0.5, 0.6) is 0 Å². The molecule has 0 spiro atoms. The maximum absolute atomic E-state index is 12.7. The zero-order valence-electron chi connectivity index (χ0n) is 8.82. The van der Waals surface area contributed by atoms with Gasteiger partial charge in [0, 0.05) is 17.8 Å². The standard InChI is InChI=1S/C10H15BrF3NO/c11-5-6-15-9(16)7-3-1-2-4-8(7)10(12,13)14/h7-8H,1-6H2,(H,15,16). The van der Waals surface area contributed by atoms with Crippen molar-refractivity contribution in [2.75, 3.05) is 11.9 Å². The third-order valence-electron chi connectivity index (χ3n) is 2.92. The van der Waals surface area contributed by atoms with Gasteiger partial charge in [0.25, 0.3) is 0 Å². The molecule has 0 bridgehead atoms. The highest BCUT2D eigenvalue weighted by molar-refractivity contribution is 9.09. The Morgan fingerprint density at radius 3 is 2.50 bits per heavy atom. The van der Waals surface area contributed by atoms with Crippen LogP contribution in [0.4, 0.5) is 13.2 Å². The molecule has 2 atom stereocenters. The van der Waals surface area contributed by atoms with Gasteiger partial charge in [0.15, 0.2) is 0 Å². The van der Waals surface area contributed by atoms with Crippen molar-refractivity contribution in [1.82, 2.24) is 5.32 Å². The lowest BCUT2D eigenvalue weighted by molar-refractivity contribution is -0.198. The van der Waals surface area contributed by atoms with Crippen LogP contribution in [-0.2, 0) is 4.79 Å². The molecule has 0 aromatic carbocycles. The SMILES string of the molecule is O=C(NCCBr)C1CCCCC1C(F)(F)F. The monoisotopic (exact) mass is 301 g/mol. The van der Waals surface area contributed by atoms with Crippen molar-refractivity contribution in [3.05, 3.63) is 0 Å². The van der Waals surface area contributed by atoms with Gasteiger partial charge >= 0.3 is 6.18 Å². The fourth-order valence-corrected chi connectivity index (χ4v) is 2.34. The van der Waals surface area contributed by atoms with E-state index in [-0.39, 0.29) is 6.42 Å². The maximum Gasteiger partial charge on any atom is 0.392 e. The Bertz CT molecular complexity index is 245. The molecule has 0 heterocycles. The molecule has 16 heavy (non-hydrogen) atoms. The first-order valence-corrected chi connectivity index (χ1v) is 6.49. The summed E-state index contributed by atoms with van der Waals surface area (Å²) in [6, 6.07) is 0. The Morgan fingerprint density at radius 1 is 1.31 bits per heavy atom. The zero-order valence-corrected chi connectivity index (χ0v) is 10.4. The van der Waals surface area contributed by atoms with Crippen molar-refractivity contribution in [2.24, 2.45) is 11.8 Å². The van der Waals surface area contributed by atoms with Gasteiger partial charge in [-0.05, 0) is 12.8 Å². The fourth-order valence-electron chi connectivity index (χ4n) is 2.14. The van der Waals surface area contributed by atoms with Crippen LogP contribution < -0.4 is 5.32 Å². The van der Waals surface area contributed by atoms with Crippen LogP contribution in [0.1, 0.15) is 25.7 Å². The molecule has 0 radical (unpaired) electrons. The van der Waals surface area contributed by atoms with Crippen LogP contribution in [0.25, 0.3) is 0 Å². The van der Waals surface area contributed by atoms with E-state index in [2.05, 4.69) is 21.2 Å². The first-order valence-electron chi connectivity index (χ1n) is 5.37. The Hall–Kier alpha value is -0.260. The highest BCUT2D eigenvalue weighted by atomic mass is 79.9. The summed E-state index contributed by atoms with van der Waals surface area (Å²) in [5.74, 6) is -2.81. The molecule has 1 amide bonds. The van der Waals surface area contributed by atoms with Gasteiger partial charge in [-0.3, -0.25) is 4.79 Å². The second kappa shape index (κ2) is 5.89. The van der Waals surface area contributed by atoms with Crippen LogP contribution >= 0.6 is 15.9 Å². The van der Waals surface area contributed by atoms with Gasteiger partial charge in [-0.15, -0.1) is 0 Å². The second-order valence-electron chi connectivity index (χ2n) is 4.02. The van der Waals surface area contributed by atoms with E-state index in [1.54, 1.807) is 0 Å². The minimum absolute atomic E-state index is 0.0793. The first-order chi connectivity index (χ1) is 7.46. The highest BCUT2D eigenvalue weighted by Crippen LogP contribution is 2.41. The molecule has 2 unspecified atom stereocenters. The Balaban J connectivity index is 2.63. The Labute approximate surface area is 101 Å². The van der Waals surface area contributed by atoms with Crippen molar-refractivity contribution in [3.63, 3.8) is 0 Å². The summed E-state index contributed by atoms with van der Waals surface area (Å²) in [5.41, 5.74) is 0. The molecular formula is C10H15BrF3NO. The van der Waals surface area contributed by atoms with Crippen LogP contribution in [0, 0.1) is 11.8 Å². The van der Waals surface area contributed by atoms with Gasteiger partial charge in [-0.2, -0.15) is 13.2 Å². The quantitative estimate of drug-likeness (QED) is 0.798. The van der Waals surface area contributed by atoms with Gasteiger partial charge in [-0.25, -0.2) is 0 Å². The molecule has 1 fully saturated rings. The van der Waals surface area contributed by atoms with Gasteiger partial charge in [-0.1, -0.05) is 28.8 Å². The number of halogens is 4. The molecule has 0 saturated heterocycles. The minimum atomic E-state index is -4.25. The average molecular weight is 302 g/mol. The number of carbonyl (C=O) groups excluding carboxylic acids is 1. The molecular weight excluding hydrogens is 287 g/mol. The Morgan fingerprint density at radius 2 is 1.94 bits per heavy atom. The lowest BCUT2D eigenvalue weighted by Crippen LogP contribution is -2.43. The molecule has 6 heteroatoms. The van der Waals surface area contributed by atoms with E-state index in [1.807, 2.05) is 0 Å². The molecule has 0 aliphatic heterocycles. The molecule has 1 N–H and O–H groups in total. The van der Waals surface area contributed by atoms with Crippen molar-refractivity contribution in [1.29, 1.82) is 0 Å². The first kappa shape index (κ1) is 13.8. The summed E-state index contributed by atoms with van der Waals surface area (Å²) in [7, 11) is 0. The zero-order chi connectivity index (χ0) is 12.2. The summed E-state index contributed by atoms with van der Waals surface area (Å²) in [6.45, 7) is 0.375. The molecule has 2 nitrogen and oxygen atoms in total. The predicted octanol–water partition coefficient (Wildman–Crippen LogP) is 2.87. The van der Waals surface area contributed by atoms with E-state index >= 15 is 0 Å². The number of hydrogen-bond donors (Lipinski definition) is 1. The number of hydrogen-bond acceptors (Lipinski definition) is 1. The lowest BCUT2D eigenvalue weighted by Gasteiger charge is -2.31.